The van der Waals surface area contributed by atoms with Gasteiger partial charge in [0.25, 0.3) is 0 Å². The molecular weight excluding hydrogens is 1210 g/mol. The van der Waals surface area contributed by atoms with Crippen molar-refractivity contribution >= 4 is 53.3 Å². The molecule has 0 fully saturated rings. The van der Waals surface area contributed by atoms with E-state index in [1.54, 1.807) is 0 Å². The Bertz CT molecular complexity index is 2140. The molecule has 1 aromatic heterocycles. The first kappa shape index (κ1) is 59.7. The lowest BCUT2D eigenvalue weighted by Gasteiger charge is -2.47. The van der Waals surface area contributed by atoms with Crippen LogP contribution in [0.5, 0.6) is 0 Å². The van der Waals surface area contributed by atoms with Crippen LogP contribution in [0.25, 0.3) is 10.1 Å². The fourth-order valence-electron chi connectivity index (χ4n) is 4.55. The van der Waals surface area contributed by atoms with Gasteiger partial charge in [-0.2, -0.15) is 162 Å². The average Bonchev–Trinajstić information content (AvgIpc) is 3.41. The number of fused-ring (bicyclic) bond motifs is 1. The van der Waals surface area contributed by atoms with Crippen molar-refractivity contribution in [1.82, 2.24) is 0 Å². The van der Waals surface area contributed by atoms with E-state index in [1.165, 1.54) is 0 Å². The molecule has 1 aromatic carbocycles. The molecule has 0 nitrogen and oxygen atoms in total. The van der Waals surface area contributed by atoms with Crippen LogP contribution in [0.2, 0.25) is 0 Å². The quantitative estimate of drug-likeness (QED) is 0.139. The van der Waals surface area contributed by atoms with E-state index in [1.807, 2.05) is 0 Å². The summed E-state index contributed by atoms with van der Waals surface area (Å²) in [6, 6.07) is -0.677. The first-order valence-electron chi connectivity index (χ1n) is 14.5. The highest BCUT2D eigenvalue weighted by molar-refractivity contribution is 9.13. The van der Waals surface area contributed by atoms with Gasteiger partial charge in [-0.15, -0.1) is 11.3 Å². The van der Waals surface area contributed by atoms with Crippen LogP contribution in [0.4, 0.5) is 162 Å². The van der Waals surface area contributed by atoms with E-state index in [9.17, 15) is 162 Å². The first-order chi connectivity index (χ1) is 28.1. The van der Waals surface area contributed by atoms with Gasteiger partial charge in [0.15, 0.2) is 0 Å². The summed E-state index contributed by atoms with van der Waals surface area (Å²) in [5, 5.41) is -0.393. The lowest BCUT2D eigenvalue weighted by Crippen LogP contribution is -2.80. The van der Waals surface area contributed by atoms with Crippen LogP contribution < -0.4 is 0 Å². The van der Waals surface area contributed by atoms with Gasteiger partial charge in [0.2, 0.25) is 0 Å². The zero-order valence-electron chi connectivity index (χ0n) is 28.4. The van der Waals surface area contributed by atoms with Crippen molar-refractivity contribution < 1.29 is 162 Å². The van der Waals surface area contributed by atoms with Crippen molar-refractivity contribution in [3.05, 3.63) is 32.0 Å². The molecule has 66 heavy (non-hydrogen) atoms. The van der Waals surface area contributed by atoms with Crippen molar-refractivity contribution in [2.75, 3.05) is 0 Å². The molecule has 1 heterocycles. The summed E-state index contributed by atoms with van der Waals surface area (Å²) in [7, 11) is 0. The van der Waals surface area contributed by atoms with Gasteiger partial charge in [-0.25, -0.2) is 0 Å². The number of alkyl halides is 37. The number of hydrogen-bond donors (Lipinski definition) is 0. The highest BCUT2D eigenvalue weighted by Gasteiger charge is 3.02. The van der Waals surface area contributed by atoms with Gasteiger partial charge in [-0.05, 0) is 37.9 Å². The van der Waals surface area contributed by atoms with Gasteiger partial charge in [0.1, 0.15) is 0 Å². The molecule has 40 heteroatoms. The number of thiophene rings is 1. The summed E-state index contributed by atoms with van der Waals surface area (Å²) in [4.78, 5) is 0. The Hall–Kier alpha value is -2.45. The number of benzene rings is 1. The van der Waals surface area contributed by atoms with Crippen molar-refractivity contribution in [2.24, 2.45) is 0 Å². The molecular formula is C26H3Br2F37S. The summed E-state index contributed by atoms with van der Waals surface area (Å²) in [6.07, 6.45) is -8.47. The highest BCUT2D eigenvalue weighted by Crippen LogP contribution is 2.71. The molecule has 0 amide bonds. The lowest BCUT2D eigenvalue weighted by molar-refractivity contribution is -0.493. The second kappa shape index (κ2) is 15.3. The zero-order chi connectivity index (χ0) is 53.7. The molecule has 0 bridgehead atoms. The van der Waals surface area contributed by atoms with E-state index >= 15 is 0 Å². The lowest BCUT2D eigenvalue weighted by atomic mass is 9.82. The third-order valence-electron chi connectivity index (χ3n) is 8.62. The Morgan fingerprint density at radius 3 is 0.727 bits per heavy atom. The molecule has 386 valence electrons. The smallest absolute Gasteiger partial charge is 0.194 e. The molecule has 0 radical (unpaired) electrons. The van der Waals surface area contributed by atoms with Crippen molar-refractivity contribution in [3.8, 4) is 0 Å². The molecule has 0 atom stereocenters. The summed E-state index contributed by atoms with van der Waals surface area (Å²) in [6.45, 7) is 0. The van der Waals surface area contributed by atoms with E-state index in [-0.39, 0.29) is 25.7 Å². The predicted octanol–water partition coefficient (Wildman–Crippen LogP) is 16.2. The molecule has 0 saturated heterocycles. The van der Waals surface area contributed by atoms with E-state index < -0.39 is 135 Å². The maximum atomic E-state index is 14.7. The minimum atomic E-state index is -10.4. The van der Waals surface area contributed by atoms with Crippen molar-refractivity contribution in [2.45, 2.75) is 107 Å². The fraction of sp³-hybridized carbons (Fsp3) is 0.692. The summed E-state index contributed by atoms with van der Waals surface area (Å²) in [5.41, 5.74) is -2.76. The van der Waals surface area contributed by atoms with E-state index in [0.717, 1.165) is 0 Å². The molecule has 0 unspecified atom stereocenters. The van der Waals surface area contributed by atoms with Gasteiger partial charge in [-0.1, -0.05) is 12.1 Å². The SMILES string of the molecule is FC(F)(F)C(F)(F)C(F)(F)C(F)(F)C(F)(F)C(F)(F)C(F)(F)C(F)(F)C(F)(F)C(F)(F)C(F)(F)C(F)(F)C(F)(F)C(F)(F)C(F)(F)C(F)(F)C(F)(F)C(F)(F)c1ccc2c(Br)c(Br)sc2c1. The molecule has 0 aliphatic rings. The molecule has 0 aliphatic carbocycles. The average molecular weight is 1210 g/mol. The Labute approximate surface area is 354 Å². The second-order valence-corrected chi connectivity index (χ2v) is 15.8. The summed E-state index contributed by atoms with van der Waals surface area (Å²) >= 11 is 5.51. The largest absolute Gasteiger partial charge is 0.460 e. The topological polar surface area (TPSA) is 0 Å². The molecule has 0 spiro atoms. The summed E-state index contributed by atoms with van der Waals surface area (Å²) < 4.78 is 513. The Balaban J connectivity index is 2.84. The standard InChI is InChI=1S/C26H3Br2F37S/c27-7-5-2-1-4(3-6(5)66-8(7)28)9(29,30)10(31,32)11(33,34)12(35,36)13(37,38)14(39,40)15(41,42)16(43,44)17(45,46)18(47,48)19(49,50)20(51,52)21(53,54)22(55,56)23(57,58)24(59,60)25(61,62)26(63,64)65/h1-3H. The third-order valence-corrected chi connectivity index (χ3v) is 12.1. The third kappa shape index (κ3) is 6.85. The molecule has 2 aromatic rings. The van der Waals surface area contributed by atoms with Crippen molar-refractivity contribution in [1.29, 1.82) is 0 Å². The van der Waals surface area contributed by atoms with Crippen LogP contribution >= 0.6 is 43.2 Å². The minimum absolute atomic E-state index is 0.149. The molecule has 0 saturated carbocycles. The van der Waals surface area contributed by atoms with Crippen LogP contribution in [0.3, 0.4) is 0 Å². The van der Waals surface area contributed by atoms with Crippen LogP contribution in [0.1, 0.15) is 5.56 Å². The maximum Gasteiger partial charge on any atom is 0.460 e. The number of halogens is 39. The van der Waals surface area contributed by atoms with E-state index in [2.05, 4.69) is 31.9 Å². The van der Waals surface area contributed by atoms with E-state index in [0.29, 0.717) is 0 Å². The normalized spacial score (nSPS) is 16.7. The van der Waals surface area contributed by atoms with E-state index in [4.69, 9.17) is 0 Å². The second-order valence-electron chi connectivity index (χ2n) is 12.7. The zero-order valence-corrected chi connectivity index (χ0v) is 32.4. The van der Waals surface area contributed by atoms with Gasteiger partial charge in [-0.3, -0.25) is 0 Å². The first-order valence-corrected chi connectivity index (χ1v) is 16.9. The predicted molar refractivity (Wildman–Crippen MR) is 146 cm³/mol. The minimum Gasteiger partial charge on any atom is -0.194 e. The van der Waals surface area contributed by atoms with Crippen LogP contribution in [-0.2, 0) is 5.92 Å². The Kier molecular flexibility index (Phi) is 13.8. The Morgan fingerprint density at radius 2 is 0.500 bits per heavy atom. The molecule has 2 rings (SSSR count). The van der Waals surface area contributed by atoms with Crippen LogP contribution in [0.15, 0.2) is 26.5 Å². The van der Waals surface area contributed by atoms with Gasteiger partial charge < -0.3 is 0 Å². The highest BCUT2D eigenvalue weighted by atomic mass is 79.9. The van der Waals surface area contributed by atoms with Crippen LogP contribution in [-0.4, -0.2) is 101 Å². The van der Waals surface area contributed by atoms with Gasteiger partial charge in [0.05, 0.1) is 8.26 Å². The monoisotopic (exact) mass is 1210 g/mol. The fourth-order valence-corrected chi connectivity index (χ4v) is 6.86. The van der Waals surface area contributed by atoms with Crippen LogP contribution in [0, 0.1) is 0 Å². The van der Waals surface area contributed by atoms with Gasteiger partial charge in [0, 0.05) is 15.6 Å². The van der Waals surface area contributed by atoms with Gasteiger partial charge >= 0.3 is 107 Å². The molecule has 0 N–H and O–H groups in total. The number of hydrogen-bond acceptors (Lipinski definition) is 1. The Morgan fingerprint density at radius 1 is 0.288 bits per heavy atom. The number of rotatable bonds is 17. The molecule has 0 aliphatic heterocycles. The maximum absolute atomic E-state index is 14.7. The summed E-state index contributed by atoms with van der Waals surface area (Å²) in [5.74, 6) is -166. The van der Waals surface area contributed by atoms with Crippen molar-refractivity contribution in [3.63, 3.8) is 0 Å².